The number of hydrogen-bond acceptors (Lipinski definition) is 2. The van der Waals surface area contributed by atoms with E-state index in [1.54, 1.807) is 0 Å². The van der Waals surface area contributed by atoms with E-state index in [2.05, 4.69) is 22.2 Å². The molecule has 0 saturated heterocycles. The molecule has 2 aromatic rings. The lowest BCUT2D eigenvalue weighted by molar-refractivity contribution is 0.0537. The highest BCUT2D eigenvalue weighted by atomic mass is 19.1. The molecule has 100 valence electrons. The van der Waals surface area contributed by atoms with E-state index in [9.17, 15) is 9.18 Å². The highest BCUT2D eigenvalue weighted by Crippen LogP contribution is 2.11. The van der Waals surface area contributed by atoms with E-state index >= 15 is 0 Å². The largest absolute Gasteiger partial charge is 0.277 e. The zero-order valence-electron chi connectivity index (χ0n) is 10.8. The number of nitrogens with one attached hydrogen (secondary N) is 1. The molecule has 0 fully saturated rings. The third-order valence-corrected chi connectivity index (χ3v) is 2.54. The molecule has 0 spiro atoms. The summed E-state index contributed by atoms with van der Waals surface area (Å²) in [7, 11) is 1.31. The summed E-state index contributed by atoms with van der Waals surface area (Å²) in [5.41, 5.74) is 3.54. The lowest BCUT2D eigenvalue weighted by Gasteiger charge is -2.04. The summed E-state index contributed by atoms with van der Waals surface area (Å²) in [4.78, 5) is 16.3. The quantitative estimate of drug-likeness (QED) is 0.672. The van der Waals surface area contributed by atoms with Crippen LogP contribution in [-0.4, -0.2) is 13.0 Å². The zero-order valence-corrected chi connectivity index (χ0v) is 10.8. The summed E-state index contributed by atoms with van der Waals surface area (Å²) in [5, 5.41) is 0. The summed E-state index contributed by atoms with van der Waals surface area (Å²) in [6.45, 7) is 0. The van der Waals surface area contributed by atoms with Crippen LogP contribution in [0.3, 0.4) is 0 Å². The van der Waals surface area contributed by atoms with Crippen molar-refractivity contribution in [2.24, 2.45) is 0 Å². The van der Waals surface area contributed by atoms with Gasteiger partial charge < -0.3 is 0 Å². The topological polar surface area (TPSA) is 38.3 Å². The average molecular weight is 269 g/mol. The predicted octanol–water partition coefficient (Wildman–Crippen LogP) is 2.52. The van der Waals surface area contributed by atoms with Crippen molar-refractivity contribution in [3.63, 3.8) is 0 Å². The minimum absolute atomic E-state index is 0.135. The molecule has 1 amide bonds. The van der Waals surface area contributed by atoms with Gasteiger partial charge in [0, 0.05) is 11.1 Å². The van der Waals surface area contributed by atoms with Crippen LogP contribution in [0.5, 0.6) is 0 Å². The normalized spacial score (nSPS) is 9.50. The van der Waals surface area contributed by atoms with Gasteiger partial charge in [-0.1, -0.05) is 30.0 Å². The van der Waals surface area contributed by atoms with Crippen molar-refractivity contribution < 1.29 is 14.0 Å². The molecule has 0 aliphatic rings. The average Bonchev–Trinajstić information content (AvgIpc) is 2.47. The van der Waals surface area contributed by atoms with Crippen LogP contribution in [0.4, 0.5) is 4.39 Å². The standard InChI is InChI=1S/C16H12FNO2/c1-20-18-16(19)15-11-14(17)10-9-13(15)8-7-12-5-3-2-4-6-12/h2-6,9-11H,1H3,(H,18,19). The number of amides is 1. The van der Waals surface area contributed by atoms with Crippen molar-refractivity contribution in [3.8, 4) is 11.8 Å². The first-order valence-corrected chi connectivity index (χ1v) is 5.90. The van der Waals surface area contributed by atoms with Crippen molar-refractivity contribution in [3.05, 3.63) is 71.0 Å². The van der Waals surface area contributed by atoms with Crippen LogP contribution >= 0.6 is 0 Å². The fourth-order valence-electron chi connectivity index (χ4n) is 1.62. The second-order valence-electron chi connectivity index (χ2n) is 3.94. The Kier molecular flexibility index (Phi) is 4.48. The van der Waals surface area contributed by atoms with Crippen molar-refractivity contribution in [1.29, 1.82) is 0 Å². The lowest BCUT2D eigenvalue weighted by atomic mass is 10.1. The summed E-state index contributed by atoms with van der Waals surface area (Å²) < 4.78 is 13.2. The van der Waals surface area contributed by atoms with Gasteiger partial charge in [0.05, 0.1) is 12.7 Å². The molecule has 0 unspecified atom stereocenters. The Morgan fingerprint density at radius 3 is 2.60 bits per heavy atom. The fraction of sp³-hybridized carbons (Fsp3) is 0.0625. The molecular weight excluding hydrogens is 257 g/mol. The number of halogens is 1. The van der Waals surface area contributed by atoms with E-state index in [-0.39, 0.29) is 5.56 Å². The summed E-state index contributed by atoms with van der Waals surface area (Å²) in [5.74, 6) is 4.75. The number of carbonyl (C=O) groups excluding carboxylic acids is 1. The van der Waals surface area contributed by atoms with Crippen LogP contribution in [0.2, 0.25) is 0 Å². The van der Waals surface area contributed by atoms with Gasteiger partial charge in [-0.05, 0) is 30.3 Å². The maximum absolute atomic E-state index is 13.2. The molecular formula is C16H12FNO2. The molecule has 0 radical (unpaired) electrons. The maximum Gasteiger partial charge on any atom is 0.276 e. The number of hydroxylamine groups is 1. The van der Waals surface area contributed by atoms with E-state index < -0.39 is 11.7 Å². The van der Waals surface area contributed by atoms with Crippen LogP contribution in [-0.2, 0) is 4.84 Å². The summed E-state index contributed by atoms with van der Waals surface area (Å²) in [6.07, 6.45) is 0. The minimum Gasteiger partial charge on any atom is -0.277 e. The van der Waals surface area contributed by atoms with Gasteiger partial charge in [-0.3, -0.25) is 9.63 Å². The monoisotopic (exact) mass is 269 g/mol. The maximum atomic E-state index is 13.2. The fourth-order valence-corrected chi connectivity index (χ4v) is 1.62. The number of hydrogen-bond donors (Lipinski definition) is 1. The molecule has 0 bridgehead atoms. The first-order chi connectivity index (χ1) is 9.70. The highest BCUT2D eigenvalue weighted by molar-refractivity contribution is 5.96. The molecule has 0 saturated carbocycles. The van der Waals surface area contributed by atoms with Crippen molar-refractivity contribution in [2.45, 2.75) is 0 Å². The molecule has 0 heterocycles. The predicted molar refractivity (Wildman–Crippen MR) is 73.3 cm³/mol. The molecule has 20 heavy (non-hydrogen) atoms. The van der Waals surface area contributed by atoms with Crippen LogP contribution < -0.4 is 5.48 Å². The smallest absolute Gasteiger partial charge is 0.276 e. The number of benzene rings is 2. The van der Waals surface area contributed by atoms with E-state index in [4.69, 9.17) is 0 Å². The van der Waals surface area contributed by atoms with Gasteiger partial charge in [0.15, 0.2) is 0 Å². The van der Waals surface area contributed by atoms with Gasteiger partial charge in [0.25, 0.3) is 5.91 Å². The Morgan fingerprint density at radius 1 is 1.15 bits per heavy atom. The van der Waals surface area contributed by atoms with Gasteiger partial charge in [-0.25, -0.2) is 9.87 Å². The highest BCUT2D eigenvalue weighted by Gasteiger charge is 2.11. The first kappa shape index (κ1) is 13.8. The van der Waals surface area contributed by atoms with Gasteiger partial charge in [0.1, 0.15) is 5.82 Å². The van der Waals surface area contributed by atoms with Crippen molar-refractivity contribution >= 4 is 5.91 Å². The van der Waals surface area contributed by atoms with Gasteiger partial charge in [0.2, 0.25) is 0 Å². The second-order valence-corrected chi connectivity index (χ2v) is 3.94. The van der Waals surface area contributed by atoms with Crippen LogP contribution in [0.1, 0.15) is 21.5 Å². The Bertz CT molecular complexity index is 672. The Labute approximate surface area is 116 Å². The third kappa shape index (κ3) is 3.44. The van der Waals surface area contributed by atoms with Gasteiger partial charge >= 0.3 is 0 Å². The van der Waals surface area contributed by atoms with E-state index in [0.717, 1.165) is 11.6 Å². The SMILES string of the molecule is CONC(=O)c1cc(F)ccc1C#Cc1ccccc1. The molecule has 0 aliphatic heterocycles. The molecule has 1 N–H and O–H groups in total. The zero-order chi connectivity index (χ0) is 14.4. The Balaban J connectivity index is 2.37. The van der Waals surface area contributed by atoms with E-state index in [1.807, 2.05) is 30.3 Å². The van der Waals surface area contributed by atoms with E-state index in [1.165, 1.54) is 19.2 Å². The van der Waals surface area contributed by atoms with Gasteiger partial charge in [-0.15, -0.1) is 0 Å². The van der Waals surface area contributed by atoms with Crippen molar-refractivity contribution in [1.82, 2.24) is 5.48 Å². The van der Waals surface area contributed by atoms with Crippen LogP contribution in [0, 0.1) is 17.7 Å². The molecule has 0 aromatic heterocycles. The number of rotatable bonds is 2. The Hall–Kier alpha value is -2.64. The third-order valence-electron chi connectivity index (χ3n) is 2.54. The summed E-state index contributed by atoms with van der Waals surface area (Å²) in [6, 6.07) is 13.2. The van der Waals surface area contributed by atoms with Gasteiger partial charge in [-0.2, -0.15) is 0 Å². The second kappa shape index (κ2) is 6.50. The van der Waals surface area contributed by atoms with E-state index in [0.29, 0.717) is 5.56 Å². The van der Waals surface area contributed by atoms with Crippen molar-refractivity contribution in [2.75, 3.05) is 7.11 Å². The minimum atomic E-state index is -0.538. The Morgan fingerprint density at radius 2 is 1.90 bits per heavy atom. The van der Waals surface area contributed by atoms with Crippen LogP contribution in [0.25, 0.3) is 0 Å². The van der Waals surface area contributed by atoms with Crippen LogP contribution in [0.15, 0.2) is 48.5 Å². The molecule has 2 rings (SSSR count). The molecule has 4 heteroatoms. The lowest BCUT2D eigenvalue weighted by Crippen LogP contribution is -2.22. The summed E-state index contributed by atoms with van der Waals surface area (Å²) >= 11 is 0. The number of carbonyl (C=O) groups is 1. The molecule has 0 aliphatic carbocycles. The first-order valence-electron chi connectivity index (χ1n) is 5.90. The molecule has 2 aromatic carbocycles. The molecule has 0 atom stereocenters. The molecule has 3 nitrogen and oxygen atoms in total.